The third-order valence-electron chi connectivity index (χ3n) is 3.93. The van der Waals surface area contributed by atoms with E-state index in [0.717, 1.165) is 24.5 Å². The second kappa shape index (κ2) is 7.94. The Hall–Kier alpha value is -2.67. The minimum Gasteiger partial charge on any atom is -0.375 e. The van der Waals surface area contributed by atoms with Crippen molar-refractivity contribution in [3.05, 3.63) is 54.0 Å². The number of carbonyl (C=O) groups is 1. The molecule has 1 aliphatic heterocycles. The Morgan fingerprint density at radius 3 is 2.80 bits per heavy atom. The SMILES string of the molecule is CC1CN(c2ccc(CNC(=O)Nc3ccc(F)cc3)cn2)CCO1. The number of nitrogens with one attached hydrogen (secondary N) is 2. The monoisotopic (exact) mass is 344 g/mol. The number of ether oxygens (including phenoxy) is 1. The summed E-state index contributed by atoms with van der Waals surface area (Å²) >= 11 is 0. The molecule has 1 fully saturated rings. The predicted molar refractivity (Wildman–Crippen MR) is 94.1 cm³/mol. The highest BCUT2D eigenvalue weighted by Crippen LogP contribution is 2.15. The number of carbonyl (C=O) groups excluding carboxylic acids is 1. The van der Waals surface area contributed by atoms with E-state index in [1.54, 1.807) is 6.20 Å². The van der Waals surface area contributed by atoms with Crippen molar-refractivity contribution in [1.82, 2.24) is 10.3 Å². The largest absolute Gasteiger partial charge is 0.375 e. The molecule has 1 atom stereocenters. The number of benzene rings is 1. The average molecular weight is 344 g/mol. The lowest BCUT2D eigenvalue weighted by atomic mass is 10.2. The second-order valence-electron chi connectivity index (χ2n) is 5.97. The molecule has 2 N–H and O–H groups in total. The molecule has 1 saturated heterocycles. The van der Waals surface area contributed by atoms with Gasteiger partial charge in [-0.1, -0.05) is 6.07 Å². The van der Waals surface area contributed by atoms with E-state index in [2.05, 4.69) is 20.5 Å². The Balaban J connectivity index is 1.49. The maximum atomic E-state index is 12.8. The molecule has 7 heteroatoms. The van der Waals surface area contributed by atoms with Crippen LogP contribution in [0.1, 0.15) is 12.5 Å². The first-order chi connectivity index (χ1) is 12.1. The molecule has 0 aliphatic carbocycles. The Kier molecular flexibility index (Phi) is 5.45. The van der Waals surface area contributed by atoms with Crippen LogP contribution in [-0.4, -0.2) is 36.8 Å². The Labute approximate surface area is 146 Å². The van der Waals surface area contributed by atoms with E-state index in [1.807, 2.05) is 19.1 Å². The highest BCUT2D eigenvalue weighted by Gasteiger charge is 2.17. The molecule has 25 heavy (non-hydrogen) atoms. The van der Waals surface area contributed by atoms with Gasteiger partial charge in [-0.25, -0.2) is 14.2 Å². The maximum Gasteiger partial charge on any atom is 0.319 e. The second-order valence-corrected chi connectivity index (χ2v) is 5.97. The summed E-state index contributed by atoms with van der Waals surface area (Å²) in [6, 6.07) is 9.16. The topological polar surface area (TPSA) is 66.5 Å². The van der Waals surface area contributed by atoms with Crippen LogP contribution in [0.3, 0.4) is 0 Å². The van der Waals surface area contributed by atoms with Gasteiger partial charge in [0.15, 0.2) is 0 Å². The van der Waals surface area contributed by atoms with Crippen molar-refractivity contribution < 1.29 is 13.9 Å². The van der Waals surface area contributed by atoms with Crippen LogP contribution < -0.4 is 15.5 Å². The van der Waals surface area contributed by atoms with Crippen LogP contribution in [0.2, 0.25) is 0 Å². The van der Waals surface area contributed by atoms with E-state index < -0.39 is 0 Å². The summed E-state index contributed by atoms with van der Waals surface area (Å²) in [7, 11) is 0. The van der Waals surface area contributed by atoms with Crippen LogP contribution in [0.5, 0.6) is 0 Å². The lowest BCUT2D eigenvalue weighted by Gasteiger charge is -2.32. The molecule has 132 valence electrons. The van der Waals surface area contributed by atoms with E-state index in [-0.39, 0.29) is 18.0 Å². The average Bonchev–Trinajstić information content (AvgIpc) is 2.62. The van der Waals surface area contributed by atoms with Crippen molar-refractivity contribution in [2.45, 2.75) is 19.6 Å². The lowest BCUT2D eigenvalue weighted by Crippen LogP contribution is -2.41. The van der Waals surface area contributed by atoms with Crippen molar-refractivity contribution in [3.63, 3.8) is 0 Å². The summed E-state index contributed by atoms with van der Waals surface area (Å²) in [5.74, 6) is 0.571. The number of nitrogens with zero attached hydrogens (tertiary/aromatic N) is 2. The molecule has 1 aromatic heterocycles. The number of urea groups is 1. The third kappa shape index (κ3) is 4.90. The molecular weight excluding hydrogens is 323 g/mol. The van der Waals surface area contributed by atoms with Gasteiger partial charge in [-0.2, -0.15) is 0 Å². The molecule has 1 aliphatic rings. The van der Waals surface area contributed by atoms with Gasteiger partial charge in [0.2, 0.25) is 0 Å². The molecule has 2 aromatic rings. The molecule has 1 aromatic carbocycles. The molecule has 3 rings (SSSR count). The number of pyridine rings is 1. The molecule has 0 bridgehead atoms. The van der Waals surface area contributed by atoms with Crippen molar-refractivity contribution in [1.29, 1.82) is 0 Å². The standard InChI is InChI=1S/C18H21FN4O2/c1-13-12-23(8-9-25-13)17-7-2-14(10-20-17)11-21-18(24)22-16-5-3-15(19)4-6-16/h2-7,10,13H,8-9,11-12H2,1H3,(H2,21,22,24). The van der Waals surface area contributed by atoms with E-state index in [0.29, 0.717) is 18.8 Å². The first-order valence-corrected chi connectivity index (χ1v) is 8.22. The summed E-state index contributed by atoms with van der Waals surface area (Å²) in [5.41, 5.74) is 1.44. The molecule has 2 heterocycles. The van der Waals surface area contributed by atoms with E-state index >= 15 is 0 Å². The zero-order chi connectivity index (χ0) is 17.6. The van der Waals surface area contributed by atoms with Gasteiger partial charge in [0.05, 0.1) is 12.7 Å². The fourth-order valence-electron chi connectivity index (χ4n) is 2.63. The van der Waals surface area contributed by atoms with Gasteiger partial charge in [0, 0.05) is 31.5 Å². The van der Waals surface area contributed by atoms with Crippen molar-refractivity contribution >= 4 is 17.5 Å². The minimum absolute atomic E-state index is 0.201. The minimum atomic E-state index is -0.349. The van der Waals surface area contributed by atoms with Crippen LogP contribution in [0.25, 0.3) is 0 Å². The fraction of sp³-hybridized carbons (Fsp3) is 0.333. The summed E-state index contributed by atoms with van der Waals surface area (Å²) < 4.78 is 18.4. The number of amides is 2. The number of hydrogen-bond acceptors (Lipinski definition) is 4. The Morgan fingerprint density at radius 1 is 1.32 bits per heavy atom. The quantitative estimate of drug-likeness (QED) is 0.895. The molecule has 0 spiro atoms. The highest BCUT2D eigenvalue weighted by atomic mass is 19.1. The number of rotatable bonds is 4. The van der Waals surface area contributed by atoms with E-state index in [4.69, 9.17) is 4.74 Å². The van der Waals surface area contributed by atoms with Gasteiger partial charge in [0.25, 0.3) is 0 Å². The third-order valence-corrected chi connectivity index (χ3v) is 3.93. The molecule has 2 amide bonds. The smallest absolute Gasteiger partial charge is 0.319 e. The van der Waals surface area contributed by atoms with Crippen molar-refractivity contribution in [2.24, 2.45) is 0 Å². The van der Waals surface area contributed by atoms with Crippen molar-refractivity contribution in [3.8, 4) is 0 Å². The summed E-state index contributed by atoms with van der Waals surface area (Å²) in [5, 5.41) is 5.40. The predicted octanol–water partition coefficient (Wildman–Crippen LogP) is 2.77. The zero-order valence-corrected chi connectivity index (χ0v) is 14.0. The van der Waals surface area contributed by atoms with Gasteiger partial charge in [-0.05, 0) is 42.8 Å². The number of hydrogen-bond donors (Lipinski definition) is 2. The van der Waals surface area contributed by atoms with Gasteiger partial charge in [-0.3, -0.25) is 0 Å². The number of anilines is 2. The highest BCUT2D eigenvalue weighted by molar-refractivity contribution is 5.89. The van der Waals surface area contributed by atoms with Crippen LogP contribution in [0.4, 0.5) is 20.7 Å². The van der Waals surface area contributed by atoms with Crippen LogP contribution in [-0.2, 0) is 11.3 Å². The molecule has 1 unspecified atom stereocenters. The lowest BCUT2D eigenvalue weighted by molar-refractivity contribution is 0.0529. The van der Waals surface area contributed by atoms with Crippen LogP contribution in [0, 0.1) is 5.82 Å². The van der Waals surface area contributed by atoms with Gasteiger partial charge >= 0.3 is 6.03 Å². The molecule has 0 saturated carbocycles. The van der Waals surface area contributed by atoms with E-state index in [1.165, 1.54) is 24.3 Å². The summed E-state index contributed by atoms with van der Waals surface area (Å²) in [6.07, 6.45) is 1.96. The Bertz CT molecular complexity index is 706. The van der Waals surface area contributed by atoms with Crippen LogP contribution in [0.15, 0.2) is 42.6 Å². The van der Waals surface area contributed by atoms with E-state index in [9.17, 15) is 9.18 Å². The normalized spacial score (nSPS) is 17.2. The van der Waals surface area contributed by atoms with Gasteiger partial charge in [0.1, 0.15) is 11.6 Å². The molecule has 6 nitrogen and oxygen atoms in total. The zero-order valence-electron chi connectivity index (χ0n) is 14.0. The van der Waals surface area contributed by atoms with Crippen molar-refractivity contribution in [2.75, 3.05) is 29.9 Å². The fourth-order valence-corrected chi connectivity index (χ4v) is 2.63. The van der Waals surface area contributed by atoms with Gasteiger partial charge in [-0.15, -0.1) is 0 Å². The maximum absolute atomic E-state index is 12.8. The van der Waals surface area contributed by atoms with Crippen LogP contribution >= 0.6 is 0 Å². The Morgan fingerprint density at radius 2 is 2.12 bits per heavy atom. The number of aromatic nitrogens is 1. The molecule has 0 radical (unpaired) electrons. The number of halogens is 1. The molecular formula is C18H21FN4O2. The summed E-state index contributed by atoms with van der Waals surface area (Å²) in [4.78, 5) is 18.5. The first kappa shape index (κ1) is 17.2. The summed E-state index contributed by atoms with van der Waals surface area (Å²) in [6.45, 7) is 4.76. The first-order valence-electron chi connectivity index (χ1n) is 8.22. The van der Waals surface area contributed by atoms with Gasteiger partial charge < -0.3 is 20.3 Å². The number of morpholine rings is 1.